The van der Waals surface area contributed by atoms with Gasteiger partial charge in [-0.25, -0.2) is 8.78 Å². The molecule has 0 bridgehead atoms. The van der Waals surface area contributed by atoms with Crippen molar-refractivity contribution in [2.45, 2.75) is 11.4 Å². The highest BCUT2D eigenvalue weighted by Crippen LogP contribution is 2.54. The maximum absolute atomic E-state index is 14.4. The van der Waals surface area contributed by atoms with Crippen LogP contribution in [-0.4, -0.2) is 29.0 Å². The lowest BCUT2D eigenvalue weighted by molar-refractivity contribution is -0.123. The summed E-state index contributed by atoms with van der Waals surface area (Å²) in [5.41, 5.74) is 1.89. The summed E-state index contributed by atoms with van der Waals surface area (Å²) in [7, 11) is 0. The third-order valence-corrected chi connectivity index (χ3v) is 7.42. The Balaban J connectivity index is 1.58. The van der Waals surface area contributed by atoms with Gasteiger partial charge in [0.15, 0.2) is 4.87 Å². The van der Waals surface area contributed by atoms with Crippen LogP contribution in [0.25, 0.3) is 0 Å². The van der Waals surface area contributed by atoms with E-state index < -0.39 is 16.5 Å². The lowest BCUT2D eigenvalue weighted by Crippen LogP contribution is -2.50. The van der Waals surface area contributed by atoms with Gasteiger partial charge < -0.3 is 9.80 Å². The van der Waals surface area contributed by atoms with E-state index in [2.05, 4.69) is 0 Å². The molecule has 1 atom stereocenters. The number of halogens is 3. The highest BCUT2D eigenvalue weighted by Gasteiger charge is 2.59. The molecule has 0 unspecified atom stereocenters. The lowest BCUT2D eigenvalue weighted by Gasteiger charge is -2.33. The van der Waals surface area contributed by atoms with Crippen molar-refractivity contribution in [3.63, 3.8) is 0 Å². The first kappa shape index (κ1) is 21.0. The first-order chi connectivity index (χ1) is 15.4. The summed E-state index contributed by atoms with van der Waals surface area (Å²) in [5.74, 6) is -1.44. The van der Waals surface area contributed by atoms with Gasteiger partial charge in [-0.05, 0) is 30.3 Å². The largest absolute Gasteiger partial charge is 0.311 e. The number of nitrogens with zero attached hydrogens (tertiary/aromatic N) is 2. The molecule has 1 fully saturated rings. The molecule has 2 heterocycles. The van der Waals surface area contributed by atoms with Crippen LogP contribution in [0.4, 0.5) is 14.5 Å². The van der Waals surface area contributed by atoms with E-state index in [1.807, 2.05) is 12.1 Å². The van der Waals surface area contributed by atoms with Crippen LogP contribution < -0.4 is 4.90 Å². The minimum atomic E-state index is -1.24. The molecule has 4 nitrogen and oxygen atoms in total. The maximum atomic E-state index is 14.4. The summed E-state index contributed by atoms with van der Waals surface area (Å²) in [4.78, 5) is 29.1. The predicted octanol–water partition coefficient (Wildman–Crippen LogP) is 5.21. The van der Waals surface area contributed by atoms with Gasteiger partial charge in [-0.1, -0.05) is 41.9 Å². The molecule has 2 amide bonds. The number of fused-ring (bicyclic) bond motifs is 2. The molecule has 1 spiro atoms. The van der Waals surface area contributed by atoms with Crippen molar-refractivity contribution in [2.75, 3.05) is 17.2 Å². The second-order valence-corrected chi connectivity index (χ2v) is 9.33. The van der Waals surface area contributed by atoms with Gasteiger partial charge in [-0.15, -0.1) is 11.8 Å². The number of hydrogen-bond acceptors (Lipinski definition) is 3. The van der Waals surface area contributed by atoms with Crippen LogP contribution in [0.3, 0.4) is 0 Å². The first-order valence-corrected chi connectivity index (χ1v) is 11.3. The smallest absolute Gasteiger partial charge is 0.268 e. The topological polar surface area (TPSA) is 40.6 Å². The second kappa shape index (κ2) is 7.90. The Bertz CT molecular complexity index is 1250. The van der Waals surface area contributed by atoms with E-state index in [0.29, 0.717) is 34.1 Å². The molecule has 8 heteroatoms. The van der Waals surface area contributed by atoms with Gasteiger partial charge in [-0.3, -0.25) is 9.59 Å². The Morgan fingerprint density at radius 1 is 1.06 bits per heavy atom. The highest BCUT2D eigenvalue weighted by molar-refractivity contribution is 8.01. The Morgan fingerprint density at radius 3 is 2.66 bits per heavy atom. The number of carbonyl (C=O) groups is 2. The number of rotatable bonds is 3. The molecule has 2 aliphatic heterocycles. The molecule has 0 saturated carbocycles. The fourth-order valence-corrected chi connectivity index (χ4v) is 5.97. The SMILES string of the molecule is O=C(c1cccc(Cl)c1)N1CCS[C@]12C(=O)N(Cc1ccc(F)cc1F)c1ccccc12. The standard InChI is InChI=1S/C24H17ClF2N2O2S/c25-17-5-3-4-15(12-17)22(30)29-10-11-32-24(29)19-6-1-2-7-21(19)28(23(24)31)14-16-8-9-18(26)13-20(16)27/h1-9,12-13H,10-11,14H2/t24-/m1/s1. The molecule has 0 N–H and O–H groups in total. The molecule has 3 aromatic rings. The third kappa shape index (κ3) is 3.19. The Labute approximate surface area is 192 Å². The van der Waals surface area contributed by atoms with E-state index in [9.17, 15) is 18.4 Å². The highest BCUT2D eigenvalue weighted by atomic mass is 35.5. The average Bonchev–Trinajstić information content (AvgIpc) is 3.32. The van der Waals surface area contributed by atoms with Crippen LogP contribution in [0.2, 0.25) is 5.02 Å². The van der Waals surface area contributed by atoms with E-state index in [4.69, 9.17) is 11.6 Å². The van der Waals surface area contributed by atoms with Crippen LogP contribution in [0.15, 0.2) is 66.7 Å². The van der Waals surface area contributed by atoms with E-state index in [-0.39, 0.29) is 23.9 Å². The van der Waals surface area contributed by atoms with Gasteiger partial charge >= 0.3 is 0 Å². The summed E-state index contributed by atoms with van der Waals surface area (Å²) in [6.07, 6.45) is 0. The van der Waals surface area contributed by atoms with E-state index in [1.165, 1.54) is 28.8 Å². The van der Waals surface area contributed by atoms with E-state index >= 15 is 0 Å². The summed E-state index contributed by atoms with van der Waals surface area (Å²) in [6, 6.07) is 17.1. The van der Waals surface area contributed by atoms with Crippen LogP contribution >= 0.6 is 23.4 Å². The number of amides is 2. The Kier molecular flexibility index (Phi) is 5.18. The zero-order valence-corrected chi connectivity index (χ0v) is 18.3. The lowest BCUT2D eigenvalue weighted by atomic mass is 10.0. The van der Waals surface area contributed by atoms with Gasteiger partial charge in [0.25, 0.3) is 11.8 Å². The molecule has 0 aromatic heterocycles. The van der Waals surface area contributed by atoms with Crippen molar-refractivity contribution in [1.29, 1.82) is 0 Å². The van der Waals surface area contributed by atoms with Gasteiger partial charge in [0.2, 0.25) is 0 Å². The van der Waals surface area contributed by atoms with Crippen LogP contribution in [0.5, 0.6) is 0 Å². The molecular weight excluding hydrogens is 454 g/mol. The molecule has 32 heavy (non-hydrogen) atoms. The van der Waals surface area contributed by atoms with Gasteiger partial charge in [0, 0.05) is 40.1 Å². The zero-order chi connectivity index (χ0) is 22.5. The maximum Gasteiger partial charge on any atom is 0.268 e. The van der Waals surface area contributed by atoms with Gasteiger partial charge in [0.1, 0.15) is 11.6 Å². The monoisotopic (exact) mass is 470 g/mol. The normalized spacial score (nSPS) is 19.7. The molecule has 5 rings (SSSR count). The molecule has 0 aliphatic carbocycles. The van der Waals surface area contributed by atoms with E-state index in [0.717, 1.165) is 6.07 Å². The van der Waals surface area contributed by atoms with Gasteiger partial charge in [0.05, 0.1) is 12.2 Å². The molecule has 0 radical (unpaired) electrons. The summed E-state index contributed by atoms with van der Waals surface area (Å²) >= 11 is 7.47. The van der Waals surface area contributed by atoms with Gasteiger partial charge in [-0.2, -0.15) is 0 Å². The van der Waals surface area contributed by atoms with Crippen molar-refractivity contribution in [3.8, 4) is 0 Å². The van der Waals surface area contributed by atoms with Crippen LogP contribution in [0.1, 0.15) is 21.5 Å². The van der Waals surface area contributed by atoms with Crippen molar-refractivity contribution < 1.29 is 18.4 Å². The minimum absolute atomic E-state index is 0.0660. The number of hydrogen-bond donors (Lipinski definition) is 0. The van der Waals surface area contributed by atoms with Crippen LogP contribution in [0, 0.1) is 11.6 Å². The Hall–Kier alpha value is -2.90. The first-order valence-electron chi connectivity index (χ1n) is 9.99. The van der Waals surface area contributed by atoms with Crippen molar-refractivity contribution in [3.05, 3.63) is 100 Å². The summed E-state index contributed by atoms with van der Waals surface area (Å²) < 4.78 is 27.7. The Morgan fingerprint density at radius 2 is 1.88 bits per heavy atom. The second-order valence-electron chi connectivity index (χ2n) is 7.60. The molecule has 2 aliphatic rings. The predicted molar refractivity (Wildman–Crippen MR) is 121 cm³/mol. The minimum Gasteiger partial charge on any atom is -0.311 e. The number of carbonyl (C=O) groups excluding carboxylic acids is 2. The van der Waals surface area contributed by atoms with Crippen LogP contribution in [-0.2, 0) is 16.2 Å². The molecule has 1 saturated heterocycles. The quantitative estimate of drug-likeness (QED) is 0.528. The summed E-state index contributed by atoms with van der Waals surface area (Å²) in [6.45, 7) is 0.318. The number of benzene rings is 3. The average molecular weight is 471 g/mol. The van der Waals surface area contributed by atoms with Crippen molar-refractivity contribution in [1.82, 2.24) is 4.90 Å². The number of thioether (sulfide) groups is 1. The molecule has 3 aromatic carbocycles. The zero-order valence-electron chi connectivity index (χ0n) is 16.7. The van der Waals surface area contributed by atoms with Crippen molar-refractivity contribution in [2.24, 2.45) is 0 Å². The van der Waals surface area contributed by atoms with Crippen molar-refractivity contribution >= 4 is 40.9 Å². The third-order valence-electron chi connectivity index (χ3n) is 5.76. The summed E-state index contributed by atoms with van der Waals surface area (Å²) in [5, 5.41) is 0.434. The molecular formula is C24H17ClF2N2O2S. The number of anilines is 1. The molecule has 162 valence electrons. The fourth-order valence-electron chi connectivity index (χ4n) is 4.32. The number of para-hydroxylation sites is 1. The fraction of sp³-hybridized carbons (Fsp3) is 0.167. The van der Waals surface area contributed by atoms with E-state index in [1.54, 1.807) is 41.3 Å².